The van der Waals surface area contributed by atoms with Gasteiger partial charge in [0.2, 0.25) is 0 Å². The van der Waals surface area contributed by atoms with E-state index in [4.69, 9.17) is 0 Å². The zero-order chi connectivity index (χ0) is 21.3. The molecule has 1 aliphatic carbocycles. The van der Waals surface area contributed by atoms with Crippen molar-refractivity contribution in [2.45, 2.75) is 90.9 Å². The Kier molecular flexibility index (Phi) is 8.77. The molecule has 1 fully saturated rings. The molecule has 0 radical (unpaired) electrons. The fraction of sp³-hybridized carbons (Fsp3) is 0.615. The van der Waals surface area contributed by atoms with Gasteiger partial charge in [-0.15, -0.1) is 0 Å². The van der Waals surface area contributed by atoms with Crippen molar-refractivity contribution in [2.75, 3.05) is 0 Å². The Morgan fingerprint density at radius 1 is 0.800 bits per heavy atom. The SMILES string of the molecule is CCCCCCc1ccc(-c2ccc(CCC3CCC(CC)CC3)nn2)c(F)c1F. The molecule has 0 spiro atoms. The lowest BCUT2D eigenvalue weighted by molar-refractivity contribution is 0.258. The molecule has 164 valence electrons. The van der Waals surface area contributed by atoms with E-state index in [0.717, 1.165) is 56.1 Å². The second kappa shape index (κ2) is 11.5. The van der Waals surface area contributed by atoms with Gasteiger partial charge in [-0.3, -0.25) is 0 Å². The van der Waals surface area contributed by atoms with Crippen LogP contribution in [0.15, 0.2) is 24.3 Å². The molecule has 0 N–H and O–H groups in total. The highest BCUT2D eigenvalue weighted by Crippen LogP contribution is 2.33. The van der Waals surface area contributed by atoms with Gasteiger partial charge in [0.15, 0.2) is 11.6 Å². The first-order valence-electron chi connectivity index (χ1n) is 11.9. The molecule has 2 aromatic rings. The molecule has 1 aromatic heterocycles. The first-order valence-corrected chi connectivity index (χ1v) is 11.9. The molecule has 3 rings (SSSR count). The van der Waals surface area contributed by atoms with E-state index < -0.39 is 11.6 Å². The van der Waals surface area contributed by atoms with Crippen LogP contribution in [0.25, 0.3) is 11.3 Å². The monoisotopic (exact) mass is 414 g/mol. The molecule has 1 saturated carbocycles. The summed E-state index contributed by atoms with van der Waals surface area (Å²) in [6, 6.07) is 7.02. The topological polar surface area (TPSA) is 25.8 Å². The molecular formula is C26H36F2N2. The third-order valence-corrected chi connectivity index (χ3v) is 6.81. The zero-order valence-electron chi connectivity index (χ0n) is 18.6. The number of aryl methyl sites for hydroxylation is 2. The standard InChI is InChI=1S/C26H36F2N2/c1-3-5-6-7-8-21-14-17-23(26(28)25(21)27)24-18-16-22(29-30-24)15-13-20-11-9-19(4-2)10-12-20/h14,16-20H,3-13,15H2,1-2H3. The van der Waals surface area contributed by atoms with E-state index in [1.54, 1.807) is 18.2 Å². The fourth-order valence-electron chi connectivity index (χ4n) is 4.64. The van der Waals surface area contributed by atoms with Crippen LogP contribution in [0, 0.1) is 23.5 Å². The van der Waals surface area contributed by atoms with Crippen LogP contribution in [0.4, 0.5) is 8.78 Å². The van der Waals surface area contributed by atoms with Crippen LogP contribution in [-0.4, -0.2) is 10.2 Å². The molecule has 2 nitrogen and oxygen atoms in total. The lowest BCUT2D eigenvalue weighted by Gasteiger charge is -2.27. The number of nitrogens with zero attached hydrogens (tertiary/aromatic N) is 2. The van der Waals surface area contributed by atoms with Crippen LogP contribution >= 0.6 is 0 Å². The smallest absolute Gasteiger partial charge is 0.168 e. The van der Waals surface area contributed by atoms with E-state index in [0.29, 0.717) is 17.7 Å². The Balaban J connectivity index is 1.57. The zero-order valence-corrected chi connectivity index (χ0v) is 18.6. The highest BCUT2D eigenvalue weighted by molar-refractivity contribution is 5.60. The number of halogens is 2. The van der Waals surface area contributed by atoms with Gasteiger partial charge >= 0.3 is 0 Å². The molecule has 30 heavy (non-hydrogen) atoms. The summed E-state index contributed by atoms with van der Waals surface area (Å²) < 4.78 is 29.1. The van der Waals surface area contributed by atoms with E-state index in [9.17, 15) is 8.78 Å². The molecule has 4 heteroatoms. The van der Waals surface area contributed by atoms with Crippen molar-refractivity contribution in [3.63, 3.8) is 0 Å². The van der Waals surface area contributed by atoms with Gasteiger partial charge in [-0.2, -0.15) is 10.2 Å². The van der Waals surface area contributed by atoms with Crippen LogP contribution in [0.1, 0.15) is 89.3 Å². The summed E-state index contributed by atoms with van der Waals surface area (Å²) in [4.78, 5) is 0. The van der Waals surface area contributed by atoms with Crippen molar-refractivity contribution in [2.24, 2.45) is 11.8 Å². The Labute approximate surface area is 180 Å². The Bertz CT molecular complexity index is 780. The first-order chi connectivity index (χ1) is 14.6. The van der Waals surface area contributed by atoms with Crippen molar-refractivity contribution < 1.29 is 8.78 Å². The molecule has 0 unspecified atom stereocenters. The molecule has 0 bridgehead atoms. The lowest BCUT2D eigenvalue weighted by Crippen LogP contribution is -2.14. The predicted octanol–water partition coefficient (Wildman–Crippen LogP) is 7.69. The van der Waals surface area contributed by atoms with Crippen molar-refractivity contribution in [1.82, 2.24) is 10.2 Å². The van der Waals surface area contributed by atoms with E-state index in [-0.39, 0.29) is 5.56 Å². The predicted molar refractivity (Wildman–Crippen MR) is 119 cm³/mol. The maximum atomic E-state index is 14.6. The summed E-state index contributed by atoms with van der Waals surface area (Å²) >= 11 is 0. The molecule has 0 atom stereocenters. The Hall–Kier alpha value is -1.84. The summed E-state index contributed by atoms with van der Waals surface area (Å²) in [5.74, 6) is 0.152. The number of hydrogen-bond acceptors (Lipinski definition) is 2. The maximum absolute atomic E-state index is 14.6. The van der Waals surface area contributed by atoms with Crippen molar-refractivity contribution in [3.05, 3.63) is 47.2 Å². The largest absolute Gasteiger partial charge is 0.203 e. The maximum Gasteiger partial charge on any atom is 0.168 e. The van der Waals surface area contributed by atoms with Crippen molar-refractivity contribution >= 4 is 0 Å². The third kappa shape index (κ3) is 6.09. The molecule has 1 aromatic carbocycles. The molecule has 0 aliphatic heterocycles. The minimum atomic E-state index is -0.808. The van der Waals surface area contributed by atoms with Gasteiger partial charge in [0.1, 0.15) is 0 Å². The molecule has 1 heterocycles. The summed E-state index contributed by atoms with van der Waals surface area (Å²) in [7, 11) is 0. The lowest BCUT2D eigenvalue weighted by atomic mass is 9.79. The molecular weight excluding hydrogens is 378 g/mol. The highest BCUT2D eigenvalue weighted by Gasteiger charge is 2.20. The Morgan fingerprint density at radius 3 is 2.23 bits per heavy atom. The van der Waals surface area contributed by atoms with Crippen LogP contribution in [-0.2, 0) is 12.8 Å². The average Bonchev–Trinajstić information content (AvgIpc) is 2.79. The molecule has 0 saturated heterocycles. The van der Waals surface area contributed by atoms with Crippen molar-refractivity contribution in [1.29, 1.82) is 0 Å². The van der Waals surface area contributed by atoms with Crippen molar-refractivity contribution in [3.8, 4) is 11.3 Å². The minimum Gasteiger partial charge on any atom is -0.203 e. The Morgan fingerprint density at radius 2 is 1.57 bits per heavy atom. The first kappa shape index (κ1) is 22.8. The molecule has 0 amide bonds. The van der Waals surface area contributed by atoms with Crippen LogP contribution in [0.3, 0.4) is 0 Å². The van der Waals surface area contributed by atoms with Gasteiger partial charge in [-0.05, 0) is 61.3 Å². The van der Waals surface area contributed by atoms with E-state index in [1.807, 2.05) is 6.07 Å². The van der Waals surface area contributed by atoms with Gasteiger partial charge in [-0.1, -0.05) is 71.3 Å². The van der Waals surface area contributed by atoms with E-state index in [1.165, 1.54) is 32.1 Å². The summed E-state index contributed by atoms with van der Waals surface area (Å²) in [6.45, 7) is 4.43. The second-order valence-corrected chi connectivity index (χ2v) is 8.95. The summed E-state index contributed by atoms with van der Waals surface area (Å²) in [5, 5.41) is 8.49. The number of rotatable bonds is 10. The number of unbranched alkanes of at least 4 members (excludes halogenated alkanes) is 3. The van der Waals surface area contributed by atoms with Gasteiger partial charge in [0, 0.05) is 5.56 Å². The van der Waals surface area contributed by atoms with Gasteiger partial charge in [-0.25, -0.2) is 8.78 Å². The number of benzene rings is 1. The average molecular weight is 415 g/mol. The van der Waals surface area contributed by atoms with Gasteiger partial charge in [0.05, 0.1) is 11.4 Å². The minimum absolute atomic E-state index is 0.196. The highest BCUT2D eigenvalue weighted by atomic mass is 19.2. The summed E-state index contributed by atoms with van der Waals surface area (Å²) in [5.41, 5.74) is 1.98. The summed E-state index contributed by atoms with van der Waals surface area (Å²) in [6.07, 6.45) is 13.5. The fourth-order valence-corrected chi connectivity index (χ4v) is 4.64. The number of aromatic nitrogens is 2. The van der Waals surface area contributed by atoms with E-state index >= 15 is 0 Å². The van der Waals surface area contributed by atoms with Crippen LogP contribution in [0.2, 0.25) is 0 Å². The second-order valence-electron chi connectivity index (χ2n) is 8.95. The quantitative estimate of drug-likeness (QED) is 0.372. The van der Waals surface area contributed by atoms with Crippen LogP contribution < -0.4 is 0 Å². The van der Waals surface area contributed by atoms with Gasteiger partial charge in [0.25, 0.3) is 0 Å². The third-order valence-electron chi connectivity index (χ3n) is 6.81. The molecule has 1 aliphatic rings. The van der Waals surface area contributed by atoms with Gasteiger partial charge < -0.3 is 0 Å². The normalized spacial score (nSPS) is 19.2. The van der Waals surface area contributed by atoms with Crippen LogP contribution in [0.5, 0.6) is 0 Å². The number of hydrogen-bond donors (Lipinski definition) is 0. The van der Waals surface area contributed by atoms with E-state index in [2.05, 4.69) is 24.0 Å².